The molecule has 0 aliphatic carbocycles. The molecule has 4 aromatic rings. The van der Waals surface area contributed by atoms with E-state index in [0.717, 1.165) is 11.6 Å². The van der Waals surface area contributed by atoms with Crippen LogP contribution in [0.5, 0.6) is 17.2 Å². The quantitative estimate of drug-likeness (QED) is 0.239. The van der Waals surface area contributed by atoms with Crippen molar-refractivity contribution < 1.29 is 40.0 Å². The Morgan fingerprint density at radius 1 is 1.11 bits per heavy atom. The van der Waals surface area contributed by atoms with Gasteiger partial charge in [-0.3, -0.25) is 10.1 Å². The second kappa shape index (κ2) is 10.4. The van der Waals surface area contributed by atoms with Crippen LogP contribution in [0.25, 0.3) is 22.7 Å². The maximum Gasteiger partial charge on any atom is 0.416 e. The first-order valence-electron chi connectivity index (χ1n) is 9.98. The van der Waals surface area contributed by atoms with Gasteiger partial charge in [-0.25, -0.2) is 4.98 Å². The summed E-state index contributed by atoms with van der Waals surface area (Å²) in [6.45, 7) is 0. The molecular weight excluding hydrogens is 501 g/mol. The van der Waals surface area contributed by atoms with Crippen molar-refractivity contribution in [2.75, 3.05) is 7.11 Å². The minimum absolute atomic E-state index is 0. The lowest BCUT2D eigenvalue weighted by molar-refractivity contribution is -0.385. The van der Waals surface area contributed by atoms with Gasteiger partial charge in [0.1, 0.15) is 11.9 Å². The summed E-state index contributed by atoms with van der Waals surface area (Å²) in [6.07, 6.45) is -3.18. The highest BCUT2D eigenvalue weighted by molar-refractivity contribution is 5.90. The predicted octanol–water partition coefficient (Wildman–Crippen LogP) is 3.36. The number of nitriles is 1. The Labute approximate surface area is 208 Å². The van der Waals surface area contributed by atoms with Crippen LogP contribution in [0.3, 0.4) is 0 Å². The van der Waals surface area contributed by atoms with Crippen LogP contribution in [0.4, 0.5) is 18.9 Å². The van der Waals surface area contributed by atoms with Crippen LogP contribution in [0.2, 0.25) is 0 Å². The third kappa shape index (κ3) is 5.39. The Morgan fingerprint density at radius 2 is 1.83 bits per heavy atom. The zero-order valence-corrected chi connectivity index (χ0v) is 19.1. The topological polar surface area (TPSA) is 114 Å². The Hall–Kier alpha value is -4.56. The Morgan fingerprint density at radius 3 is 2.47 bits per heavy atom. The number of halogens is 4. The van der Waals surface area contributed by atoms with Crippen molar-refractivity contribution >= 4 is 28.4 Å². The van der Waals surface area contributed by atoms with Gasteiger partial charge < -0.3 is 26.9 Å². The van der Waals surface area contributed by atoms with E-state index in [2.05, 4.69) is 16.0 Å². The van der Waals surface area contributed by atoms with E-state index in [4.69, 9.17) is 9.47 Å². The molecule has 1 aromatic heterocycles. The zero-order valence-electron chi connectivity index (χ0n) is 18.3. The number of rotatable bonds is 6. The van der Waals surface area contributed by atoms with Crippen molar-refractivity contribution in [1.29, 1.82) is 5.26 Å². The number of para-hydroxylation sites is 2. The normalized spacial score (nSPS) is 11.5. The number of aromatic amines is 1. The SMILES string of the molecule is COc1cc(/C=C(\C#N)c2nc3ccccc3[nH]2)ccc1Oc1ccc(C(F)(F)F)cc1[N+](=O)[O-].[Cl-]. The van der Waals surface area contributed by atoms with Crippen molar-refractivity contribution in [3.05, 3.63) is 87.7 Å². The van der Waals surface area contributed by atoms with Gasteiger partial charge in [-0.2, -0.15) is 18.4 Å². The van der Waals surface area contributed by atoms with Crippen molar-refractivity contribution in [2.45, 2.75) is 6.18 Å². The highest BCUT2D eigenvalue weighted by atomic mass is 35.5. The molecule has 4 rings (SSSR count). The molecule has 0 atom stereocenters. The number of fused-ring (bicyclic) bond motifs is 1. The van der Waals surface area contributed by atoms with E-state index in [0.29, 0.717) is 29.0 Å². The molecule has 0 saturated heterocycles. The number of benzene rings is 3. The Bertz CT molecular complexity index is 1480. The molecular formula is C24H15ClF3N4O4-. The van der Waals surface area contributed by atoms with Crippen LogP contribution in [0, 0.1) is 21.4 Å². The fourth-order valence-electron chi connectivity index (χ4n) is 3.30. The number of alkyl halides is 3. The van der Waals surface area contributed by atoms with Crippen LogP contribution in [0.15, 0.2) is 60.7 Å². The number of aromatic nitrogens is 2. The lowest BCUT2D eigenvalue weighted by Gasteiger charge is -2.13. The molecule has 0 saturated carbocycles. The molecule has 1 N–H and O–H groups in total. The number of H-pyrrole nitrogens is 1. The predicted molar refractivity (Wildman–Crippen MR) is 121 cm³/mol. The summed E-state index contributed by atoms with van der Waals surface area (Å²) in [6, 6.07) is 15.9. The van der Waals surface area contributed by atoms with Gasteiger partial charge in [-0.15, -0.1) is 0 Å². The number of imidazole rings is 1. The van der Waals surface area contributed by atoms with Crippen LogP contribution < -0.4 is 21.9 Å². The van der Waals surface area contributed by atoms with Gasteiger partial charge in [0.15, 0.2) is 11.5 Å². The molecule has 0 spiro atoms. The third-order valence-corrected chi connectivity index (χ3v) is 4.97. The van der Waals surface area contributed by atoms with Crippen LogP contribution in [-0.2, 0) is 6.18 Å². The number of allylic oxidation sites excluding steroid dienone is 1. The zero-order chi connectivity index (χ0) is 25.2. The number of nitrogens with one attached hydrogen (secondary N) is 1. The van der Waals surface area contributed by atoms with Gasteiger partial charge in [0.05, 0.1) is 34.2 Å². The lowest BCUT2D eigenvalue weighted by atomic mass is 10.1. The second-order valence-electron chi connectivity index (χ2n) is 7.22. The molecule has 0 aliphatic rings. The molecule has 36 heavy (non-hydrogen) atoms. The van der Waals surface area contributed by atoms with E-state index in [-0.39, 0.29) is 35.2 Å². The maximum absolute atomic E-state index is 13.0. The van der Waals surface area contributed by atoms with Gasteiger partial charge in [0.25, 0.3) is 0 Å². The first kappa shape index (κ1) is 26.1. The fourth-order valence-corrected chi connectivity index (χ4v) is 3.30. The average Bonchev–Trinajstić information content (AvgIpc) is 3.26. The van der Waals surface area contributed by atoms with Gasteiger partial charge >= 0.3 is 11.9 Å². The highest BCUT2D eigenvalue weighted by Gasteiger charge is 2.33. The number of nitro benzene ring substituents is 1. The summed E-state index contributed by atoms with van der Waals surface area (Å²) >= 11 is 0. The summed E-state index contributed by atoms with van der Waals surface area (Å²) in [5, 5.41) is 21.0. The van der Waals surface area contributed by atoms with E-state index < -0.39 is 22.4 Å². The van der Waals surface area contributed by atoms with Crippen molar-refractivity contribution in [1.82, 2.24) is 9.97 Å². The van der Waals surface area contributed by atoms with Crippen molar-refractivity contribution in [2.24, 2.45) is 0 Å². The molecule has 0 unspecified atom stereocenters. The summed E-state index contributed by atoms with van der Waals surface area (Å²) in [7, 11) is 1.33. The maximum atomic E-state index is 13.0. The van der Waals surface area contributed by atoms with E-state index in [1.807, 2.05) is 18.2 Å². The van der Waals surface area contributed by atoms with Gasteiger partial charge in [0.2, 0.25) is 5.75 Å². The standard InChI is InChI=1S/C24H15F3N4O4.ClH/c1-34-22-11-14(10-15(13-28)23-29-17-4-2-3-5-18(17)30-23)6-8-21(22)35-20-9-7-16(24(25,26)27)12-19(20)31(32)33;/h2-12H,1H3,(H,29,30);1H/p-1/b15-10+;. The Kier molecular flexibility index (Phi) is 7.50. The average molecular weight is 516 g/mol. The molecule has 1 heterocycles. The lowest BCUT2D eigenvalue weighted by Crippen LogP contribution is -3.00. The molecule has 0 amide bonds. The summed E-state index contributed by atoms with van der Waals surface area (Å²) in [5.74, 6) is 0.169. The molecule has 0 radical (unpaired) electrons. The number of nitrogens with zero attached hydrogens (tertiary/aromatic N) is 3. The molecule has 0 aliphatic heterocycles. The molecule has 0 fully saturated rings. The van der Waals surface area contributed by atoms with Gasteiger partial charge in [-0.1, -0.05) is 18.2 Å². The summed E-state index contributed by atoms with van der Waals surface area (Å²) < 4.78 is 49.7. The minimum atomic E-state index is -4.74. The fraction of sp³-hybridized carbons (Fsp3) is 0.0833. The molecule has 0 bridgehead atoms. The number of nitro groups is 1. The van der Waals surface area contributed by atoms with E-state index in [1.54, 1.807) is 18.2 Å². The first-order valence-corrected chi connectivity index (χ1v) is 9.98. The van der Waals surface area contributed by atoms with Gasteiger partial charge in [-0.05, 0) is 48.0 Å². The smallest absolute Gasteiger partial charge is 0.416 e. The molecule has 184 valence electrons. The molecule has 8 nitrogen and oxygen atoms in total. The van der Waals surface area contributed by atoms with Gasteiger partial charge in [0, 0.05) is 6.07 Å². The van der Waals surface area contributed by atoms with Crippen LogP contribution in [-0.4, -0.2) is 22.0 Å². The van der Waals surface area contributed by atoms with E-state index in [9.17, 15) is 28.5 Å². The molecule has 12 heteroatoms. The highest BCUT2D eigenvalue weighted by Crippen LogP contribution is 2.40. The van der Waals surface area contributed by atoms with Crippen LogP contribution in [0.1, 0.15) is 17.0 Å². The summed E-state index contributed by atoms with van der Waals surface area (Å²) in [5.41, 5.74) is 0.232. The first-order chi connectivity index (χ1) is 16.7. The second-order valence-corrected chi connectivity index (χ2v) is 7.22. The van der Waals surface area contributed by atoms with Crippen LogP contribution >= 0.6 is 0 Å². The number of ether oxygens (including phenoxy) is 2. The molecule has 3 aromatic carbocycles. The minimum Gasteiger partial charge on any atom is -1.00 e. The Balaban J connectivity index is 0.00000361. The third-order valence-electron chi connectivity index (χ3n) is 4.97. The number of hydrogen-bond acceptors (Lipinski definition) is 6. The number of methoxy groups -OCH3 is 1. The number of hydrogen-bond donors (Lipinski definition) is 1. The van der Waals surface area contributed by atoms with Crippen molar-refractivity contribution in [3.63, 3.8) is 0 Å². The monoisotopic (exact) mass is 515 g/mol. The summed E-state index contributed by atoms with van der Waals surface area (Å²) in [4.78, 5) is 17.8. The van der Waals surface area contributed by atoms with Crippen molar-refractivity contribution in [3.8, 4) is 23.3 Å². The van der Waals surface area contributed by atoms with E-state index in [1.165, 1.54) is 19.2 Å². The van der Waals surface area contributed by atoms with E-state index >= 15 is 0 Å². The largest absolute Gasteiger partial charge is 1.00 e.